The van der Waals surface area contributed by atoms with E-state index in [-0.39, 0.29) is 18.0 Å². The highest BCUT2D eigenvalue weighted by Gasteiger charge is 2.19. The molecule has 2 aromatic carbocycles. The SMILES string of the molecule is COc1ccc(N(CCNS(=O)(=O)c2ccccc2)S(C)(=O)=O)cc1. The van der Waals surface area contributed by atoms with Crippen LogP contribution in [0.15, 0.2) is 59.5 Å². The van der Waals surface area contributed by atoms with Gasteiger partial charge < -0.3 is 4.74 Å². The summed E-state index contributed by atoms with van der Waals surface area (Å²) in [6, 6.07) is 14.4. The zero-order chi connectivity index (χ0) is 18.5. The summed E-state index contributed by atoms with van der Waals surface area (Å²) >= 11 is 0. The third-order valence-corrected chi connectivity index (χ3v) is 6.09. The number of nitrogens with zero attached hydrogens (tertiary/aromatic N) is 1. The lowest BCUT2D eigenvalue weighted by atomic mass is 10.3. The maximum Gasteiger partial charge on any atom is 0.240 e. The molecule has 0 aliphatic carbocycles. The summed E-state index contributed by atoms with van der Waals surface area (Å²) in [7, 11) is -5.73. The fraction of sp³-hybridized carbons (Fsp3) is 0.250. The Morgan fingerprint density at radius 3 is 2.08 bits per heavy atom. The highest BCUT2D eigenvalue weighted by molar-refractivity contribution is 7.92. The van der Waals surface area contributed by atoms with Crippen molar-refractivity contribution in [3.05, 3.63) is 54.6 Å². The first-order valence-corrected chi connectivity index (χ1v) is 10.7. The number of nitrogens with one attached hydrogen (secondary N) is 1. The van der Waals surface area contributed by atoms with Gasteiger partial charge in [-0.1, -0.05) is 18.2 Å². The van der Waals surface area contributed by atoms with E-state index in [0.717, 1.165) is 10.6 Å². The van der Waals surface area contributed by atoms with Crippen molar-refractivity contribution in [3.63, 3.8) is 0 Å². The topological polar surface area (TPSA) is 92.8 Å². The van der Waals surface area contributed by atoms with E-state index in [1.807, 2.05) is 0 Å². The molecule has 0 saturated heterocycles. The molecule has 0 aliphatic heterocycles. The molecular formula is C16H20N2O5S2. The number of sulfonamides is 2. The third kappa shape index (κ3) is 5.18. The van der Waals surface area contributed by atoms with Gasteiger partial charge in [-0.05, 0) is 36.4 Å². The molecule has 0 aromatic heterocycles. The van der Waals surface area contributed by atoms with Gasteiger partial charge in [0.15, 0.2) is 0 Å². The Morgan fingerprint density at radius 1 is 0.960 bits per heavy atom. The number of methoxy groups -OCH3 is 1. The van der Waals surface area contributed by atoms with Crippen molar-refractivity contribution in [2.24, 2.45) is 0 Å². The fourth-order valence-electron chi connectivity index (χ4n) is 2.20. The Kier molecular flexibility index (Phi) is 6.04. The van der Waals surface area contributed by atoms with Crippen LogP contribution in [-0.4, -0.2) is 43.3 Å². The van der Waals surface area contributed by atoms with Crippen molar-refractivity contribution in [3.8, 4) is 5.75 Å². The van der Waals surface area contributed by atoms with Crippen LogP contribution in [0.1, 0.15) is 0 Å². The van der Waals surface area contributed by atoms with Crippen molar-refractivity contribution in [1.29, 1.82) is 0 Å². The van der Waals surface area contributed by atoms with Crippen LogP contribution >= 0.6 is 0 Å². The van der Waals surface area contributed by atoms with E-state index < -0.39 is 20.0 Å². The highest BCUT2D eigenvalue weighted by Crippen LogP contribution is 2.21. The molecule has 0 bridgehead atoms. The van der Waals surface area contributed by atoms with E-state index in [0.29, 0.717) is 11.4 Å². The van der Waals surface area contributed by atoms with Crippen LogP contribution in [0.25, 0.3) is 0 Å². The van der Waals surface area contributed by atoms with Crippen molar-refractivity contribution in [2.45, 2.75) is 4.90 Å². The Balaban J connectivity index is 2.11. The molecule has 7 nitrogen and oxygen atoms in total. The lowest BCUT2D eigenvalue weighted by molar-refractivity contribution is 0.415. The minimum absolute atomic E-state index is 0.0305. The second-order valence-corrected chi connectivity index (χ2v) is 8.92. The molecule has 0 atom stereocenters. The fourth-order valence-corrected chi connectivity index (χ4v) is 4.17. The maximum atomic E-state index is 12.2. The molecule has 0 amide bonds. The average molecular weight is 384 g/mol. The third-order valence-electron chi connectivity index (χ3n) is 3.42. The monoisotopic (exact) mass is 384 g/mol. The van der Waals surface area contributed by atoms with Crippen LogP contribution in [0.3, 0.4) is 0 Å². The Bertz CT molecular complexity index is 895. The van der Waals surface area contributed by atoms with E-state index in [1.165, 1.54) is 19.2 Å². The lowest BCUT2D eigenvalue weighted by Gasteiger charge is -2.22. The molecule has 0 spiro atoms. The first kappa shape index (κ1) is 19.2. The van der Waals surface area contributed by atoms with Gasteiger partial charge in [-0.2, -0.15) is 0 Å². The summed E-state index contributed by atoms with van der Waals surface area (Å²) in [5.41, 5.74) is 0.433. The molecule has 25 heavy (non-hydrogen) atoms. The summed E-state index contributed by atoms with van der Waals surface area (Å²) in [6.45, 7) is -0.0897. The first-order valence-electron chi connectivity index (χ1n) is 7.40. The summed E-state index contributed by atoms with van der Waals surface area (Å²) in [4.78, 5) is 0.130. The summed E-state index contributed by atoms with van der Waals surface area (Å²) < 4.78 is 57.0. The molecule has 2 rings (SSSR count). The predicted octanol–water partition coefficient (Wildman–Crippen LogP) is 1.44. The van der Waals surface area contributed by atoms with Crippen LogP contribution in [0, 0.1) is 0 Å². The van der Waals surface area contributed by atoms with Gasteiger partial charge in [-0.15, -0.1) is 0 Å². The minimum Gasteiger partial charge on any atom is -0.497 e. The molecule has 0 saturated carbocycles. The molecular weight excluding hydrogens is 364 g/mol. The summed E-state index contributed by atoms with van der Waals surface area (Å²) in [5, 5.41) is 0. The van der Waals surface area contributed by atoms with E-state index in [9.17, 15) is 16.8 Å². The van der Waals surface area contributed by atoms with Gasteiger partial charge in [-0.25, -0.2) is 21.6 Å². The van der Waals surface area contributed by atoms with Gasteiger partial charge >= 0.3 is 0 Å². The summed E-state index contributed by atoms with van der Waals surface area (Å²) in [6.07, 6.45) is 1.07. The summed E-state index contributed by atoms with van der Waals surface area (Å²) in [5.74, 6) is 0.599. The molecule has 0 unspecified atom stereocenters. The molecule has 0 radical (unpaired) electrons. The quantitative estimate of drug-likeness (QED) is 0.743. The normalized spacial score (nSPS) is 11.9. The van der Waals surface area contributed by atoms with E-state index in [2.05, 4.69) is 4.72 Å². The van der Waals surface area contributed by atoms with Crippen LogP contribution in [0.2, 0.25) is 0 Å². The lowest BCUT2D eigenvalue weighted by Crippen LogP contribution is -2.38. The van der Waals surface area contributed by atoms with Crippen LogP contribution in [0.5, 0.6) is 5.75 Å². The molecule has 2 aromatic rings. The molecule has 0 heterocycles. The number of ether oxygens (including phenoxy) is 1. The van der Waals surface area contributed by atoms with Crippen molar-refractivity contribution >= 4 is 25.7 Å². The van der Waals surface area contributed by atoms with Gasteiger partial charge in [0, 0.05) is 13.1 Å². The zero-order valence-corrected chi connectivity index (χ0v) is 15.5. The van der Waals surface area contributed by atoms with Crippen molar-refractivity contribution < 1.29 is 21.6 Å². The predicted molar refractivity (Wildman–Crippen MR) is 96.8 cm³/mol. The largest absolute Gasteiger partial charge is 0.497 e. The van der Waals surface area contributed by atoms with E-state index in [4.69, 9.17) is 4.74 Å². The standard InChI is InChI=1S/C16H20N2O5S2/c1-23-15-10-8-14(9-11-15)18(24(2,19)20)13-12-17-25(21,22)16-6-4-3-5-7-16/h3-11,17H,12-13H2,1-2H3. The number of benzene rings is 2. The highest BCUT2D eigenvalue weighted by atomic mass is 32.2. The van der Waals surface area contributed by atoms with Crippen molar-refractivity contribution in [2.75, 3.05) is 30.8 Å². The Morgan fingerprint density at radius 2 is 1.56 bits per heavy atom. The molecule has 1 N–H and O–H groups in total. The van der Waals surface area contributed by atoms with Gasteiger partial charge in [0.2, 0.25) is 20.0 Å². The number of rotatable bonds is 8. The minimum atomic E-state index is -3.69. The average Bonchev–Trinajstić information content (AvgIpc) is 2.59. The van der Waals surface area contributed by atoms with Gasteiger partial charge in [0.1, 0.15) is 5.75 Å². The van der Waals surface area contributed by atoms with Crippen LogP contribution in [0.4, 0.5) is 5.69 Å². The molecule has 136 valence electrons. The first-order chi connectivity index (χ1) is 11.7. The van der Waals surface area contributed by atoms with Crippen LogP contribution in [-0.2, 0) is 20.0 Å². The number of hydrogen-bond acceptors (Lipinski definition) is 5. The van der Waals surface area contributed by atoms with Crippen LogP contribution < -0.4 is 13.8 Å². The van der Waals surface area contributed by atoms with Gasteiger partial charge in [0.05, 0.1) is 23.9 Å². The zero-order valence-electron chi connectivity index (χ0n) is 13.9. The molecule has 0 fully saturated rings. The second kappa shape index (κ2) is 7.85. The van der Waals surface area contributed by atoms with Gasteiger partial charge in [0.25, 0.3) is 0 Å². The van der Waals surface area contributed by atoms with Gasteiger partial charge in [-0.3, -0.25) is 4.31 Å². The van der Waals surface area contributed by atoms with Crippen molar-refractivity contribution in [1.82, 2.24) is 4.72 Å². The van der Waals surface area contributed by atoms with E-state index in [1.54, 1.807) is 42.5 Å². The van der Waals surface area contributed by atoms with E-state index >= 15 is 0 Å². The number of hydrogen-bond donors (Lipinski definition) is 1. The Labute approximate surface area is 148 Å². The maximum absolute atomic E-state index is 12.2. The smallest absolute Gasteiger partial charge is 0.240 e. The molecule has 9 heteroatoms. The number of anilines is 1. The molecule has 0 aliphatic rings. The Hall–Kier alpha value is -2.10. The second-order valence-electron chi connectivity index (χ2n) is 5.24.